The molecule has 0 aliphatic carbocycles. The van der Waals surface area contributed by atoms with E-state index >= 15 is 0 Å². The Bertz CT molecular complexity index is 519. The Hall–Kier alpha value is -1.35. The maximum atomic E-state index is 13.0. The summed E-state index contributed by atoms with van der Waals surface area (Å²) in [7, 11) is 0. The van der Waals surface area contributed by atoms with Crippen molar-refractivity contribution < 1.29 is 4.79 Å². The Labute approximate surface area is 120 Å². The van der Waals surface area contributed by atoms with Crippen LogP contribution < -0.4 is 4.90 Å². The zero-order valence-corrected chi connectivity index (χ0v) is 11.9. The van der Waals surface area contributed by atoms with Crippen molar-refractivity contribution in [3.8, 4) is 0 Å². The number of piperidine rings is 3. The van der Waals surface area contributed by atoms with Crippen molar-refractivity contribution in [2.75, 3.05) is 24.5 Å². The lowest BCUT2D eigenvalue weighted by Crippen LogP contribution is -2.57. The van der Waals surface area contributed by atoms with Gasteiger partial charge in [0.1, 0.15) is 0 Å². The quantitative estimate of drug-likeness (QED) is 0.782. The fraction of sp³-hybridized carbons (Fsp3) is 0.588. The van der Waals surface area contributed by atoms with Crippen molar-refractivity contribution in [1.82, 2.24) is 4.90 Å². The summed E-state index contributed by atoms with van der Waals surface area (Å²) in [4.78, 5) is 17.5. The van der Waals surface area contributed by atoms with Crippen LogP contribution >= 0.6 is 0 Å². The first-order valence-corrected chi connectivity index (χ1v) is 7.96. The second kappa shape index (κ2) is 4.88. The molecule has 0 spiro atoms. The molecule has 5 rings (SSSR count). The highest BCUT2D eigenvalue weighted by Crippen LogP contribution is 2.35. The number of nitrogens with zero attached hydrogens (tertiary/aromatic N) is 2. The first-order chi connectivity index (χ1) is 9.83. The number of anilines is 1. The molecule has 0 saturated carbocycles. The van der Waals surface area contributed by atoms with E-state index in [1.165, 1.54) is 18.4 Å². The zero-order valence-electron chi connectivity index (χ0n) is 11.9. The maximum absolute atomic E-state index is 13.0. The molecule has 1 aromatic rings. The van der Waals surface area contributed by atoms with E-state index in [1.807, 2.05) is 0 Å². The van der Waals surface area contributed by atoms with Crippen molar-refractivity contribution >= 4 is 11.6 Å². The van der Waals surface area contributed by atoms with Gasteiger partial charge in [0.05, 0.1) is 6.04 Å². The summed E-state index contributed by atoms with van der Waals surface area (Å²) in [5, 5.41) is 0. The Morgan fingerprint density at radius 2 is 1.90 bits per heavy atom. The molecule has 3 nitrogen and oxygen atoms in total. The second-order valence-electron chi connectivity index (χ2n) is 6.45. The Balaban J connectivity index is 1.60. The van der Waals surface area contributed by atoms with Gasteiger partial charge in [-0.2, -0.15) is 0 Å². The summed E-state index contributed by atoms with van der Waals surface area (Å²) in [6.45, 7) is 3.14. The number of hydrogen-bond donors (Lipinski definition) is 0. The lowest BCUT2D eigenvalue weighted by Gasteiger charge is -2.46. The van der Waals surface area contributed by atoms with Gasteiger partial charge in [0.2, 0.25) is 5.91 Å². The molecule has 0 aromatic heterocycles. The molecule has 4 heterocycles. The molecule has 3 heteroatoms. The molecule has 1 amide bonds. The van der Waals surface area contributed by atoms with Gasteiger partial charge in [-0.3, -0.25) is 9.69 Å². The first-order valence-electron chi connectivity index (χ1n) is 7.96. The van der Waals surface area contributed by atoms with Crippen LogP contribution in [0, 0.1) is 5.92 Å². The van der Waals surface area contributed by atoms with Crippen LogP contribution in [0.25, 0.3) is 0 Å². The molecule has 1 atom stereocenters. The normalized spacial score (nSPS) is 32.0. The number of benzene rings is 1. The minimum absolute atomic E-state index is 0.147. The number of hydrogen-bond acceptors (Lipinski definition) is 2. The van der Waals surface area contributed by atoms with E-state index in [9.17, 15) is 4.79 Å². The standard InChI is InChI=1S/C17H22N2O/c20-17(16-12-13-7-10-18(16)11-8-13)19-9-3-5-14-4-1-2-6-15(14)19/h1-2,4,6,13,16H,3,5,7-12H2. The van der Waals surface area contributed by atoms with E-state index in [-0.39, 0.29) is 6.04 Å². The number of para-hydroxylation sites is 1. The molecular weight excluding hydrogens is 248 g/mol. The van der Waals surface area contributed by atoms with Crippen LogP contribution in [0.5, 0.6) is 0 Å². The van der Waals surface area contributed by atoms with Gasteiger partial charge in [-0.1, -0.05) is 18.2 Å². The van der Waals surface area contributed by atoms with Crippen molar-refractivity contribution in [3.05, 3.63) is 29.8 Å². The summed E-state index contributed by atoms with van der Waals surface area (Å²) in [5.41, 5.74) is 2.49. The van der Waals surface area contributed by atoms with Crippen LogP contribution in [0.3, 0.4) is 0 Å². The third-order valence-electron chi connectivity index (χ3n) is 5.31. The minimum Gasteiger partial charge on any atom is -0.311 e. The fourth-order valence-corrected chi connectivity index (χ4v) is 4.16. The van der Waals surface area contributed by atoms with Gasteiger partial charge in [-0.15, -0.1) is 0 Å². The van der Waals surface area contributed by atoms with E-state index in [1.54, 1.807) is 0 Å². The van der Waals surface area contributed by atoms with Gasteiger partial charge in [0, 0.05) is 12.2 Å². The van der Waals surface area contributed by atoms with Gasteiger partial charge in [-0.25, -0.2) is 0 Å². The highest BCUT2D eigenvalue weighted by atomic mass is 16.2. The largest absolute Gasteiger partial charge is 0.311 e. The van der Waals surface area contributed by atoms with Crippen LogP contribution in [0.1, 0.15) is 31.2 Å². The number of amides is 1. The molecule has 106 valence electrons. The van der Waals surface area contributed by atoms with Crippen LogP contribution in [0.15, 0.2) is 24.3 Å². The highest BCUT2D eigenvalue weighted by molar-refractivity contribution is 5.98. The topological polar surface area (TPSA) is 23.6 Å². The van der Waals surface area contributed by atoms with Gasteiger partial charge >= 0.3 is 0 Å². The van der Waals surface area contributed by atoms with Crippen LogP contribution in [0.4, 0.5) is 5.69 Å². The smallest absolute Gasteiger partial charge is 0.244 e. The predicted octanol–water partition coefficient (Wildman–Crippen LogP) is 2.45. The molecule has 0 N–H and O–H groups in total. The van der Waals surface area contributed by atoms with E-state index < -0.39 is 0 Å². The van der Waals surface area contributed by atoms with Crippen LogP contribution in [-0.2, 0) is 11.2 Å². The lowest BCUT2D eigenvalue weighted by molar-refractivity contribution is -0.127. The van der Waals surface area contributed by atoms with E-state index in [2.05, 4.69) is 34.1 Å². The van der Waals surface area contributed by atoms with Crippen molar-refractivity contribution in [2.45, 2.75) is 38.1 Å². The number of carbonyl (C=O) groups excluding carboxylic acids is 1. The third kappa shape index (κ3) is 1.96. The van der Waals surface area contributed by atoms with Crippen molar-refractivity contribution in [1.29, 1.82) is 0 Å². The van der Waals surface area contributed by atoms with E-state index in [4.69, 9.17) is 0 Å². The maximum Gasteiger partial charge on any atom is 0.244 e. The van der Waals surface area contributed by atoms with Crippen molar-refractivity contribution in [3.63, 3.8) is 0 Å². The molecule has 0 radical (unpaired) electrons. The molecule has 1 aromatic carbocycles. The highest BCUT2D eigenvalue weighted by Gasteiger charge is 2.40. The third-order valence-corrected chi connectivity index (χ3v) is 5.31. The summed E-state index contributed by atoms with van der Waals surface area (Å²) >= 11 is 0. The van der Waals surface area contributed by atoms with Gasteiger partial charge in [0.25, 0.3) is 0 Å². The summed E-state index contributed by atoms with van der Waals surface area (Å²) in [6, 6.07) is 8.57. The van der Waals surface area contributed by atoms with Gasteiger partial charge in [0.15, 0.2) is 0 Å². The van der Waals surface area contributed by atoms with E-state index in [0.717, 1.165) is 50.5 Å². The fourth-order valence-electron chi connectivity index (χ4n) is 4.16. The average molecular weight is 270 g/mol. The number of fused-ring (bicyclic) bond motifs is 4. The first kappa shape index (κ1) is 12.4. The number of rotatable bonds is 1. The molecule has 2 bridgehead atoms. The molecular formula is C17H22N2O. The molecule has 4 aliphatic heterocycles. The zero-order chi connectivity index (χ0) is 13.5. The Morgan fingerprint density at radius 3 is 2.65 bits per heavy atom. The predicted molar refractivity (Wildman–Crippen MR) is 79.8 cm³/mol. The number of aryl methyl sites for hydroxylation is 1. The summed E-state index contributed by atoms with van der Waals surface area (Å²) in [6.07, 6.45) is 5.87. The van der Waals surface area contributed by atoms with Gasteiger partial charge in [-0.05, 0) is 62.7 Å². The minimum atomic E-state index is 0.147. The molecule has 1 unspecified atom stereocenters. The van der Waals surface area contributed by atoms with Crippen LogP contribution in [0.2, 0.25) is 0 Å². The van der Waals surface area contributed by atoms with Gasteiger partial charge < -0.3 is 4.90 Å². The van der Waals surface area contributed by atoms with Crippen molar-refractivity contribution in [2.24, 2.45) is 5.92 Å². The second-order valence-corrected chi connectivity index (χ2v) is 6.45. The Morgan fingerprint density at radius 1 is 1.10 bits per heavy atom. The molecule has 20 heavy (non-hydrogen) atoms. The molecule has 3 saturated heterocycles. The lowest BCUT2D eigenvalue weighted by atomic mass is 9.82. The Kier molecular flexibility index (Phi) is 3.03. The monoisotopic (exact) mass is 270 g/mol. The summed E-state index contributed by atoms with van der Waals surface area (Å²) < 4.78 is 0. The SMILES string of the molecule is O=C(C1CC2CCN1CC2)N1CCCc2ccccc21. The van der Waals surface area contributed by atoms with Crippen LogP contribution in [-0.4, -0.2) is 36.5 Å². The van der Waals surface area contributed by atoms with E-state index in [0.29, 0.717) is 5.91 Å². The molecule has 4 aliphatic rings. The average Bonchev–Trinajstić information content (AvgIpc) is 2.54. The molecule has 3 fully saturated rings. The number of carbonyl (C=O) groups is 1. The summed E-state index contributed by atoms with van der Waals surface area (Å²) in [5.74, 6) is 1.13.